The summed E-state index contributed by atoms with van der Waals surface area (Å²) in [6, 6.07) is 0. The van der Waals surface area contributed by atoms with E-state index in [2.05, 4.69) is 12.6 Å². The van der Waals surface area contributed by atoms with Crippen LogP contribution in [0, 0.1) is 0 Å². The van der Waals surface area contributed by atoms with E-state index in [1.165, 1.54) is 0 Å². The molecule has 0 radical (unpaired) electrons. The molecule has 0 amide bonds. The van der Waals surface area contributed by atoms with Crippen LogP contribution >= 0.6 is 40.2 Å². The lowest BCUT2D eigenvalue weighted by atomic mass is 10.4. The van der Waals surface area contributed by atoms with Crippen molar-refractivity contribution in [3.05, 3.63) is 11.5 Å². The Balaban J connectivity index is 4.40. The van der Waals surface area contributed by atoms with E-state index < -0.39 is 9.96 Å². The van der Waals surface area contributed by atoms with Crippen LogP contribution in [0.2, 0.25) is 0 Å². The van der Waals surface area contributed by atoms with Gasteiger partial charge in [0.15, 0.2) is 0 Å². The molecule has 0 nitrogen and oxygen atoms in total. The molecule has 0 aromatic carbocycles. The largest absolute Gasteiger partial charge is 0.352 e. The number of allylic oxidation sites excluding steroid dienone is 1. The van der Waals surface area contributed by atoms with Crippen molar-refractivity contribution in [2.75, 3.05) is 0 Å². The molecule has 1 atom stereocenters. The van der Waals surface area contributed by atoms with Crippen molar-refractivity contribution >= 4 is 40.2 Å². The van der Waals surface area contributed by atoms with Crippen LogP contribution in [-0.4, -0.2) is 9.96 Å². The van der Waals surface area contributed by atoms with Gasteiger partial charge in [0.25, 0.3) is 5.13 Å². The minimum absolute atomic E-state index is 0.437. The Hall–Kier alpha value is 0.650. The second-order valence-electron chi connectivity index (χ2n) is 1.44. The van der Waals surface area contributed by atoms with E-state index in [-0.39, 0.29) is 0 Å². The number of rotatable bonds is 2. The van der Waals surface area contributed by atoms with Crippen LogP contribution in [0.3, 0.4) is 0 Å². The molecule has 0 saturated heterocycles. The van der Waals surface area contributed by atoms with Crippen molar-refractivity contribution in [1.82, 2.24) is 0 Å². The highest BCUT2D eigenvalue weighted by Gasteiger charge is 2.49. The lowest BCUT2D eigenvalue weighted by Gasteiger charge is -2.18. The van der Waals surface area contributed by atoms with Crippen LogP contribution in [0.15, 0.2) is 11.5 Å². The summed E-state index contributed by atoms with van der Waals surface area (Å²) in [5, 5.41) is -2.41. The summed E-state index contributed by atoms with van der Waals surface area (Å²) in [5.41, 5.74) is 0. The maximum atomic E-state index is 12.4. The zero-order chi connectivity index (χ0) is 8.41. The number of hydrogen-bond donors (Lipinski definition) is 1. The molecule has 0 fully saturated rings. The molecule has 0 aliphatic heterocycles. The topological polar surface area (TPSA) is 0 Å². The van der Waals surface area contributed by atoms with E-state index in [1.807, 2.05) is 0 Å². The van der Waals surface area contributed by atoms with Crippen molar-refractivity contribution in [1.29, 1.82) is 0 Å². The van der Waals surface area contributed by atoms with E-state index >= 15 is 0 Å². The Kier molecular flexibility index (Phi) is 3.58. The van der Waals surface area contributed by atoms with Crippen molar-refractivity contribution in [2.45, 2.75) is 9.96 Å². The van der Waals surface area contributed by atoms with Gasteiger partial charge in [-0.25, -0.2) is 4.39 Å². The maximum absolute atomic E-state index is 12.4. The summed E-state index contributed by atoms with van der Waals surface area (Å²) in [6.07, 6.45) is 0.437. The third-order valence-electron chi connectivity index (χ3n) is 0.662. The molecule has 60 valence electrons. The first kappa shape index (κ1) is 10.7. The first-order valence-corrected chi connectivity index (χ1v) is 3.76. The van der Waals surface area contributed by atoms with E-state index in [9.17, 15) is 13.2 Å². The highest BCUT2D eigenvalue weighted by atomic mass is 79.9. The van der Waals surface area contributed by atoms with E-state index in [4.69, 9.17) is 11.6 Å². The molecule has 6 heteroatoms. The van der Waals surface area contributed by atoms with E-state index in [0.717, 1.165) is 5.41 Å². The molecule has 0 aliphatic rings. The second kappa shape index (κ2) is 3.36. The van der Waals surface area contributed by atoms with Crippen LogP contribution in [-0.2, 0) is 0 Å². The molecule has 0 saturated carbocycles. The van der Waals surface area contributed by atoms with Crippen molar-refractivity contribution < 1.29 is 13.2 Å². The predicted octanol–water partition coefficient (Wildman–Crippen LogP) is 3.32. The third kappa shape index (κ3) is 2.72. The number of halogens is 5. The number of thiol groups is 1. The molecular weight excluding hydrogens is 252 g/mol. The van der Waals surface area contributed by atoms with Gasteiger partial charge in [-0.2, -0.15) is 21.4 Å². The molecule has 0 heterocycles. The van der Waals surface area contributed by atoms with Gasteiger partial charge < -0.3 is 0 Å². The molecule has 10 heavy (non-hydrogen) atoms. The van der Waals surface area contributed by atoms with Crippen LogP contribution in [0.5, 0.6) is 0 Å². The van der Waals surface area contributed by atoms with Gasteiger partial charge >= 0.3 is 4.83 Å². The fraction of sp³-hybridized carbons (Fsp3) is 0.500. The average molecular weight is 255 g/mol. The minimum Gasteiger partial charge on any atom is -0.214 e. The fourth-order valence-electron chi connectivity index (χ4n) is 0.188. The molecule has 0 aromatic heterocycles. The van der Waals surface area contributed by atoms with Crippen molar-refractivity contribution in [2.24, 2.45) is 0 Å². The summed E-state index contributed by atoms with van der Waals surface area (Å²) < 4.78 is 36.5. The Morgan fingerprint density at radius 1 is 1.40 bits per heavy atom. The second-order valence-corrected chi connectivity index (χ2v) is 3.28. The zero-order valence-electron chi connectivity index (χ0n) is 4.49. The normalized spacial score (nSPS) is 19.4. The lowest BCUT2D eigenvalue weighted by molar-refractivity contribution is 0.0219. The van der Waals surface area contributed by atoms with Crippen LogP contribution in [0.25, 0.3) is 0 Å². The lowest BCUT2D eigenvalue weighted by Crippen LogP contribution is -2.31. The summed E-state index contributed by atoms with van der Waals surface area (Å²) in [4.78, 5) is -3.78. The van der Waals surface area contributed by atoms with Gasteiger partial charge in [0.2, 0.25) is 0 Å². The highest BCUT2D eigenvalue weighted by Crippen LogP contribution is 2.42. The molecule has 0 aromatic rings. The summed E-state index contributed by atoms with van der Waals surface area (Å²) in [5.74, 6) is 0. The molecule has 0 aliphatic carbocycles. The highest BCUT2D eigenvalue weighted by molar-refractivity contribution is 9.10. The zero-order valence-corrected chi connectivity index (χ0v) is 7.73. The Morgan fingerprint density at radius 2 is 1.80 bits per heavy atom. The molecule has 0 rings (SSSR count). The van der Waals surface area contributed by atoms with Crippen LogP contribution in [0.4, 0.5) is 13.2 Å². The quantitative estimate of drug-likeness (QED) is 0.568. The van der Waals surface area contributed by atoms with Gasteiger partial charge in [-0.3, -0.25) is 0 Å². The van der Waals surface area contributed by atoms with E-state index in [1.54, 1.807) is 15.9 Å². The molecule has 0 bridgehead atoms. The first-order valence-electron chi connectivity index (χ1n) is 2.08. The van der Waals surface area contributed by atoms with Crippen molar-refractivity contribution in [3.8, 4) is 0 Å². The van der Waals surface area contributed by atoms with Crippen molar-refractivity contribution in [3.63, 3.8) is 0 Å². The third-order valence-corrected chi connectivity index (χ3v) is 1.98. The van der Waals surface area contributed by atoms with Gasteiger partial charge in [0.1, 0.15) is 0 Å². The molecular formula is C4H3BrClF3S. The molecule has 0 spiro atoms. The monoisotopic (exact) mass is 254 g/mol. The van der Waals surface area contributed by atoms with Gasteiger partial charge in [-0.15, -0.1) is 0 Å². The van der Waals surface area contributed by atoms with Gasteiger partial charge in [-0.1, -0.05) is 11.6 Å². The minimum atomic E-state index is -3.78. The van der Waals surface area contributed by atoms with Gasteiger partial charge in [0.05, 0.1) is 0 Å². The average Bonchev–Trinajstić information content (AvgIpc) is 1.61. The van der Waals surface area contributed by atoms with Gasteiger partial charge in [-0.05, 0) is 27.4 Å². The van der Waals surface area contributed by atoms with E-state index in [0.29, 0.717) is 6.08 Å². The fourth-order valence-corrected chi connectivity index (χ4v) is 0.677. The standard InChI is InChI=1S/C4H3BrClF3S/c5-4(8,9)3(6,7)1-2-10/h1-2,10H. The first-order chi connectivity index (χ1) is 4.31. The van der Waals surface area contributed by atoms with Crippen LogP contribution < -0.4 is 0 Å². The molecule has 0 N–H and O–H groups in total. The SMILES string of the molecule is FC(F)(Br)C(F)(Cl)C=CS. The predicted molar refractivity (Wildman–Crippen MR) is 41.7 cm³/mol. The molecule has 1 unspecified atom stereocenters. The summed E-state index contributed by atoms with van der Waals surface area (Å²) in [7, 11) is 0. The Morgan fingerprint density at radius 3 is 1.90 bits per heavy atom. The number of alkyl halides is 5. The number of hydrogen-bond acceptors (Lipinski definition) is 1. The summed E-state index contributed by atoms with van der Waals surface area (Å²) in [6.45, 7) is 0. The van der Waals surface area contributed by atoms with Crippen LogP contribution in [0.1, 0.15) is 0 Å². The smallest absolute Gasteiger partial charge is 0.214 e. The Bertz CT molecular complexity index is 142. The Labute approximate surface area is 75.0 Å². The summed E-state index contributed by atoms with van der Waals surface area (Å²) >= 11 is 9.88. The van der Waals surface area contributed by atoms with Gasteiger partial charge in [0, 0.05) is 0 Å². The maximum Gasteiger partial charge on any atom is 0.352 e.